The fraction of sp³-hybridized carbons (Fsp3) is 0.240. The Morgan fingerprint density at radius 2 is 1.48 bits per heavy atom. The third kappa shape index (κ3) is 6.70. The van der Waals surface area contributed by atoms with Crippen molar-refractivity contribution in [2.45, 2.75) is 20.4 Å². The molecule has 172 valence electrons. The van der Waals surface area contributed by atoms with Crippen molar-refractivity contribution in [2.75, 3.05) is 30.3 Å². The molecule has 1 aromatic heterocycles. The van der Waals surface area contributed by atoms with Crippen LogP contribution in [0.15, 0.2) is 71.3 Å². The Morgan fingerprint density at radius 3 is 2.09 bits per heavy atom. The van der Waals surface area contributed by atoms with E-state index in [2.05, 4.69) is 16.0 Å². The first-order valence-electron chi connectivity index (χ1n) is 10.8. The molecule has 0 aliphatic carbocycles. The van der Waals surface area contributed by atoms with Crippen LogP contribution in [0.2, 0.25) is 0 Å². The lowest BCUT2D eigenvalue weighted by Gasteiger charge is -2.18. The molecular weight excluding hydrogens is 420 g/mol. The van der Waals surface area contributed by atoms with Gasteiger partial charge >= 0.3 is 0 Å². The average molecular weight is 449 g/mol. The van der Waals surface area contributed by atoms with Crippen molar-refractivity contribution in [1.29, 1.82) is 0 Å². The predicted octanol–water partition coefficient (Wildman–Crippen LogP) is 3.74. The van der Waals surface area contributed by atoms with E-state index >= 15 is 0 Å². The zero-order valence-corrected chi connectivity index (χ0v) is 18.8. The smallest absolute Gasteiger partial charge is 0.253 e. The van der Waals surface area contributed by atoms with Gasteiger partial charge in [0, 0.05) is 35.6 Å². The molecule has 0 fully saturated rings. The van der Waals surface area contributed by atoms with Crippen LogP contribution in [0.5, 0.6) is 0 Å². The van der Waals surface area contributed by atoms with E-state index in [0.29, 0.717) is 47.9 Å². The van der Waals surface area contributed by atoms with Crippen LogP contribution in [0, 0.1) is 0 Å². The zero-order chi connectivity index (χ0) is 23.6. The minimum Gasteiger partial charge on any atom is -0.467 e. The summed E-state index contributed by atoms with van der Waals surface area (Å²) in [6.45, 7) is 5.55. The van der Waals surface area contributed by atoms with Gasteiger partial charge in [0.1, 0.15) is 5.76 Å². The highest BCUT2D eigenvalue weighted by Gasteiger charge is 2.12. The second-order valence-corrected chi connectivity index (χ2v) is 7.30. The molecule has 8 nitrogen and oxygen atoms in total. The quantitative estimate of drug-likeness (QED) is 0.438. The van der Waals surface area contributed by atoms with Crippen molar-refractivity contribution in [2.24, 2.45) is 0 Å². The highest BCUT2D eigenvalue weighted by Crippen LogP contribution is 2.13. The standard InChI is InChI=1S/C25H28N4O4/c1-3-29(4-2)25(32)19-9-13-21(14-10-19)28-23(30)17-26-20-11-7-18(8-12-20)24(31)27-16-22-6-5-15-33-22/h5-15,26H,3-4,16-17H2,1-2H3,(H,27,31)(H,28,30). The summed E-state index contributed by atoms with van der Waals surface area (Å²) in [6, 6.07) is 17.2. The van der Waals surface area contributed by atoms with Gasteiger partial charge < -0.3 is 25.3 Å². The molecule has 0 saturated heterocycles. The number of carbonyl (C=O) groups is 3. The molecule has 3 rings (SSSR count). The molecule has 0 saturated carbocycles. The number of nitrogens with one attached hydrogen (secondary N) is 3. The van der Waals surface area contributed by atoms with E-state index in [1.807, 2.05) is 13.8 Å². The minimum absolute atomic E-state index is 0.0300. The van der Waals surface area contributed by atoms with Gasteiger partial charge in [-0.3, -0.25) is 14.4 Å². The zero-order valence-electron chi connectivity index (χ0n) is 18.8. The van der Waals surface area contributed by atoms with E-state index in [1.54, 1.807) is 71.8 Å². The fourth-order valence-corrected chi connectivity index (χ4v) is 3.20. The van der Waals surface area contributed by atoms with Crippen molar-refractivity contribution in [3.63, 3.8) is 0 Å². The first-order chi connectivity index (χ1) is 16.0. The normalized spacial score (nSPS) is 10.4. The molecule has 1 heterocycles. The summed E-state index contributed by atoms with van der Waals surface area (Å²) >= 11 is 0. The Bertz CT molecular complexity index is 1060. The van der Waals surface area contributed by atoms with Gasteiger partial charge in [0.05, 0.1) is 19.4 Å². The van der Waals surface area contributed by atoms with E-state index in [0.717, 1.165) is 0 Å². The van der Waals surface area contributed by atoms with E-state index in [9.17, 15) is 14.4 Å². The van der Waals surface area contributed by atoms with E-state index in [1.165, 1.54) is 0 Å². The molecule has 0 spiro atoms. The Kier molecular flexibility index (Phi) is 8.24. The highest BCUT2D eigenvalue weighted by molar-refractivity contribution is 5.97. The third-order valence-electron chi connectivity index (χ3n) is 5.07. The Morgan fingerprint density at radius 1 is 0.848 bits per heavy atom. The number of carbonyl (C=O) groups excluding carboxylic acids is 3. The summed E-state index contributed by atoms with van der Waals surface area (Å²) in [4.78, 5) is 38.6. The SMILES string of the molecule is CCN(CC)C(=O)c1ccc(NC(=O)CNc2ccc(C(=O)NCc3ccco3)cc2)cc1. The summed E-state index contributed by atoms with van der Waals surface area (Å²) < 4.78 is 5.19. The number of nitrogens with zero attached hydrogens (tertiary/aromatic N) is 1. The Balaban J connectivity index is 1.45. The van der Waals surface area contributed by atoms with Gasteiger partial charge in [-0.05, 0) is 74.5 Å². The molecule has 0 unspecified atom stereocenters. The lowest BCUT2D eigenvalue weighted by atomic mass is 10.1. The highest BCUT2D eigenvalue weighted by atomic mass is 16.3. The maximum Gasteiger partial charge on any atom is 0.253 e. The van der Waals surface area contributed by atoms with Gasteiger partial charge in [-0.1, -0.05) is 0 Å². The number of benzene rings is 2. The van der Waals surface area contributed by atoms with E-state index < -0.39 is 0 Å². The third-order valence-corrected chi connectivity index (χ3v) is 5.07. The summed E-state index contributed by atoms with van der Waals surface area (Å²) in [5.74, 6) is 0.215. The molecule has 0 radical (unpaired) electrons. The number of rotatable bonds is 10. The molecule has 0 aliphatic heterocycles. The van der Waals surface area contributed by atoms with Crippen molar-refractivity contribution in [3.8, 4) is 0 Å². The molecule has 8 heteroatoms. The van der Waals surface area contributed by atoms with Crippen molar-refractivity contribution in [3.05, 3.63) is 83.8 Å². The van der Waals surface area contributed by atoms with Gasteiger partial charge in [-0.25, -0.2) is 0 Å². The summed E-state index contributed by atoms with van der Waals surface area (Å²) in [5.41, 5.74) is 2.42. The summed E-state index contributed by atoms with van der Waals surface area (Å²) in [6.07, 6.45) is 1.56. The lowest BCUT2D eigenvalue weighted by Crippen LogP contribution is -2.30. The maximum atomic E-state index is 12.4. The van der Waals surface area contributed by atoms with Crippen molar-refractivity contribution >= 4 is 29.1 Å². The van der Waals surface area contributed by atoms with Gasteiger partial charge in [-0.15, -0.1) is 0 Å². The van der Waals surface area contributed by atoms with Crippen LogP contribution in [0.4, 0.5) is 11.4 Å². The van der Waals surface area contributed by atoms with Crippen molar-refractivity contribution in [1.82, 2.24) is 10.2 Å². The van der Waals surface area contributed by atoms with Crippen LogP contribution in [0.25, 0.3) is 0 Å². The molecule has 0 bridgehead atoms. The molecule has 0 aliphatic rings. The van der Waals surface area contributed by atoms with Gasteiger partial charge in [-0.2, -0.15) is 0 Å². The van der Waals surface area contributed by atoms with Crippen LogP contribution in [-0.2, 0) is 11.3 Å². The lowest BCUT2D eigenvalue weighted by molar-refractivity contribution is -0.114. The molecular formula is C25H28N4O4. The molecule has 3 N–H and O–H groups in total. The van der Waals surface area contributed by atoms with Gasteiger partial charge in [0.15, 0.2) is 0 Å². The predicted molar refractivity (Wildman–Crippen MR) is 127 cm³/mol. The second kappa shape index (κ2) is 11.5. The maximum absolute atomic E-state index is 12.4. The number of amides is 3. The van der Waals surface area contributed by atoms with Crippen LogP contribution in [0.1, 0.15) is 40.3 Å². The molecule has 2 aromatic carbocycles. The summed E-state index contributed by atoms with van der Waals surface area (Å²) in [7, 11) is 0. The van der Waals surface area contributed by atoms with Crippen LogP contribution in [0.3, 0.4) is 0 Å². The monoisotopic (exact) mass is 448 g/mol. The second-order valence-electron chi connectivity index (χ2n) is 7.30. The Labute approximate surface area is 193 Å². The number of hydrogen-bond donors (Lipinski definition) is 3. The largest absolute Gasteiger partial charge is 0.467 e. The van der Waals surface area contributed by atoms with Crippen LogP contribution < -0.4 is 16.0 Å². The van der Waals surface area contributed by atoms with Crippen molar-refractivity contribution < 1.29 is 18.8 Å². The minimum atomic E-state index is -0.224. The number of hydrogen-bond acceptors (Lipinski definition) is 5. The first kappa shape index (κ1) is 23.6. The molecule has 3 amide bonds. The average Bonchev–Trinajstić information content (AvgIpc) is 3.36. The molecule has 3 aromatic rings. The van der Waals surface area contributed by atoms with Gasteiger partial charge in [0.2, 0.25) is 5.91 Å². The van der Waals surface area contributed by atoms with E-state index in [-0.39, 0.29) is 24.3 Å². The number of furan rings is 1. The topological polar surface area (TPSA) is 104 Å². The van der Waals surface area contributed by atoms with E-state index in [4.69, 9.17) is 4.42 Å². The number of anilines is 2. The summed E-state index contributed by atoms with van der Waals surface area (Å²) in [5, 5.41) is 8.60. The molecule has 33 heavy (non-hydrogen) atoms. The van der Waals surface area contributed by atoms with Gasteiger partial charge in [0.25, 0.3) is 11.8 Å². The molecule has 0 atom stereocenters. The van der Waals surface area contributed by atoms with Crippen LogP contribution in [-0.4, -0.2) is 42.3 Å². The Hall–Kier alpha value is -4.07. The fourth-order valence-electron chi connectivity index (χ4n) is 3.20. The first-order valence-corrected chi connectivity index (χ1v) is 10.8. The van der Waals surface area contributed by atoms with Crippen LogP contribution >= 0.6 is 0 Å².